The largest absolute Gasteiger partial charge is 0.497 e. The van der Waals surface area contributed by atoms with Gasteiger partial charge in [0.1, 0.15) is 5.75 Å². The second kappa shape index (κ2) is 5.60. The maximum absolute atomic E-state index is 5.41. The molecule has 4 heteroatoms. The molecule has 1 unspecified atom stereocenters. The predicted octanol–water partition coefficient (Wildman–Crippen LogP) is 3.96. The number of aromatic amines is 1. The summed E-state index contributed by atoms with van der Waals surface area (Å²) in [6, 6.07) is 15.1. The molecule has 0 saturated heterocycles. The minimum absolute atomic E-state index is 0.180. The summed E-state index contributed by atoms with van der Waals surface area (Å²) in [6.45, 7) is 0.968. The first-order valence-electron chi connectivity index (χ1n) is 8.59. The molecule has 2 N–H and O–H groups in total. The number of methoxy groups -OCH3 is 1. The van der Waals surface area contributed by atoms with E-state index in [1.807, 2.05) is 18.5 Å². The van der Waals surface area contributed by atoms with E-state index in [-0.39, 0.29) is 6.04 Å². The monoisotopic (exact) mass is 329 g/mol. The summed E-state index contributed by atoms with van der Waals surface area (Å²) in [5.41, 5.74) is 5.11. The zero-order valence-electron chi connectivity index (χ0n) is 14.0. The number of ether oxygens (including phenoxy) is 1. The lowest BCUT2D eigenvalue weighted by molar-refractivity contribution is 0.415. The average Bonchev–Trinajstić information content (AvgIpc) is 3.05. The molecule has 2 aromatic heterocycles. The third-order valence-electron chi connectivity index (χ3n) is 5.16. The summed E-state index contributed by atoms with van der Waals surface area (Å²) in [4.78, 5) is 7.84. The molecule has 124 valence electrons. The highest BCUT2D eigenvalue weighted by Crippen LogP contribution is 2.35. The Morgan fingerprint density at radius 2 is 2.04 bits per heavy atom. The first-order chi connectivity index (χ1) is 12.3. The number of fused-ring (bicyclic) bond motifs is 4. The van der Waals surface area contributed by atoms with Crippen molar-refractivity contribution in [1.82, 2.24) is 15.3 Å². The number of hydrogen-bond donors (Lipinski definition) is 2. The van der Waals surface area contributed by atoms with E-state index in [9.17, 15) is 0 Å². The summed E-state index contributed by atoms with van der Waals surface area (Å²) in [5.74, 6) is 0.905. The van der Waals surface area contributed by atoms with Crippen molar-refractivity contribution >= 4 is 21.7 Å². The SMILES string of the molecule is COc1ccc2[nH]c3c(c2c1)CCNC3c1ccc2cnccc2c1. The van der Waals surface area contributed by atoms with Gasteiger partial charge in [0.25, 0.3) is 0 Å². The summed E-state index contributed by atoms with van der Waals surface area (Å²) in [7, 11) is 1.72. The van der Waals surface area contributed by atoms with E-state index in [1.165, 1.54) is 38.5 Å². The van der Waals surface area contributed by atoms with Crippen LogP contribution in [-0.2, 0) is 6.42 Å². The van der Waals surface area contributed by atoms with E-state index in [0.717, 1.165) is 18.7 Å². The smallest absolute Gasteiger partial charge is 0.119 e. The molecule has 3 heterocycles. The lowest BCUT2D eigenvalue weighted by atomic mass is 9.93. The van der Waals surface area contributed by atoms with Gasteiger partial charge in [0, 0.05) is 40.9 Å². The molecule has 5 rings (SSSR count). The van der Waals surface area contributed by atoms with Crippen molar-refractivity contribution in [3.8, 4) is 5.75 Å². The summed E-state index contributed by atoms with van der Waals surface area (Å²) >= 11 is 0. The molecule has 0 amide bonds. The lowest BCUT2D eigenvalue weighted by Crippen LogP contribution is -2.30. The van der Waals surface area contributed by atoms with Crippen molar-refractivity contribution in [3.05, 3.63) is 71.7 Å². The molecule has 0 aliphatic carbocycles. The topological polar surface area (TPSA) is 49.9 Å². The van der Waals surface area contributed by atoms with Gasteiger partial charge >= 0.3 is 0 Å². The molecule has 1 aliphatic rings. The molecular weight excluding hydrogens is 310 g/mol. The average molecular weight is 329 g/mol. The van der Waals surface area contributed by atoms with Crippen LogP contribution >= 0.6 is 0 Å². The second-order valence-electron chi connectivity index (χ2n) is 6.55. The van der Waals surface area contributed by atoms with E-state index in [2.05, 4.69) is 51.7 Å². The van der Waals surface area contributed by atoms with Crippen molar-refractivity contribution < 1.29 is 4.74 Å². The molecule has 4 nitrogen and oxygen atoms in total. The molecule has 4 aromatic rings. The Hall–Kier alpha value is -2.85. The number of H-pyrrole nitrogens is 1. The molecule has 0 saturated carbocycles. The van der Waals surface area contributed by atoms with E-state index in [1.54, 1.807) is 7.11 Å². The quantitative estimate of drug-likeness (QED) is 0.585. The van der Waals surface area contributed by atoms with Gasteiger partial charge in [-0.2, -0.15) is 0 Å². The summed E-state index contributed by atoms with van der Waals surface area (Å²) in [6.07, 6.45) is 4.78. The third kappa shape index (κ3) is 2.29. The first kappa shape index (κ1) is 14.5. The predicted molar refractivity (Wildman–Crippen MR) is 100 cm³/mol. The van der Waals surface area contributed by atoms with Gasteiger partial charge in [0.2, 0.25) is 0 Å². The molecule has 25 heavy (non-hydrogen) atoms. The fourth-order valence-electron chi connectivity index (χ4n) is 3.90. The Kier molecular flexibility index (Phi) is 3.25. The summed E-state index contributed by atoms with van der Waals surface area (Å²) < 4.78 is 5.41. The van der Waals surface area contributed by atoms with Crippen LogP contribution in [0.1, 0.15) is 22.9 Å². The number of nitrogens with zero attached hydrogens (tertiary/aromatic N) is 1. The summed E-state index contributed by atoms with van der Waals surface area (Å²) in [5, 5.41) is 7.33. The van der Waals surface area contributed by atoms with Gasteiger partial charge < -0.3 is 15.0 Å². The number of pyridine rings is 1. The van der Waals surface area contributed by atoms with Gasteiger partial charge in [-0.25, -0.2) is 0 Å². The Morgan fingerprint density at radius 3 is 2.96 bits per heavy atom. The molecule has 0 radical (unpaired) electrons. The zero-order valence-corrected chi connectivity index (χ0v) is 14.0. The van der Waals surface area contributed by atoms with Gasteiger partial charge in [-0.05, 0) is 53.3 Å². The first-order valence-corrected chi connectivity index (χ1v) is 8.59. The fourth-order valence-corrected chi connectivity index (χ4v) is 3.90. The van der Waals surface area contributed by atoms with Crippen LogP contribution in [-0.4, -0.2) is 23.6 Å². The fraction of sp³-hybridized carbons (Fsp3) is 0.190. The van der Waals surface area contributed by atoms with E-state index >= 15 is 0 Å². The molecule has 0 bridgehead atoms. The Morgan fingerprint density at radius 1 is 1.08 bits per heavy atom. The lowest BCUT2D eigenvalue weighted by Gasteiger charge is -2.25. The second-order valence-corrected chi connectivity index (χ2v) is 6.55. The Balaban J connectivity index is 1.66. The van der Waals surface area contributed by atoms with E-state index in [0.29, 0.717) is 0 Å². The minimum atomic E-state index is 0.180. The van der Waals surface area contributed by atoms with Crippen LogP contribution in [0.3, 0.4) is 0 Å². The van der Waals surface area contributed by atoms with E-state index < -0.39 is 0 Å². The van der Waals surface area contributed by atoms with Crippen molar-refractivity contribution in [2.75, 3.05) is 13.7 Å². The van der Waals surface area contributed by atoms with Gasteiger partial charge in [0.05, 0.1) is 13.2 Å². The van der Waals surface area contributed by atoms with Crippen molar-refractivity contribution in [2.45, 2.75) is 12.5 Å². The van der Waals surface area contributed by atoms with Gasteiger partial charge in [-0.3, -0.25) is 4.98 Å². The maximum Gasteiger partial charge on any atom is 0.119 e. The molecule has 2 aromatic carbocycles. The van der Waals surface area contributed by atoms with Crippen molar-refractivity contribution in [3.63, 3.8) is 0 Å². The number of hydrogen-bond acceptors (Lipinski definition) is 3. The Labute approximate surface area is 145 Å². The van der Waals surface area contributed by atoms with Crippen molar-refractivity contribution in [1.29, 1.82) is 0 Å². The molecule has 0 spiro atoms. The van der Waals surface area contributed by atoms with Crippen LogP contribution in [0.4, 0.5) is 0 Å². The third-order valence-corrected chi connectivity index (χ3v) is 5.16. The minimum Gasteiger partial charge on any atom is -0.497 e. The zero-order chi connectivity index (χ0) is 16.8. The van der Waals surface area contributed by atoms with E-state index in [4.69, 9.17) is 4.74 Å². The van der Waals surface area contributed by atoms with Gasteiger partial charge in [-0.1, -0.05) is 12.1 Å². The number of rotatable bonds is 2. The Bertz CT molecular complexity index is 1080. The van der Waals surface area contributed by atoms with Gasteiger partial charge in [0.15, 0.2) is 0 Å². The highest BCUT2D eigenvalue weighted by Gasteiger charge is 2.25. The molecule has 1 aliphatic heterocycles. The van der Waals surface area contributed by atoms with Gasteiger partial charge in [-0.15, -0.1) is 0 Å². The molecule has 0 fully saturated rings. The van der Waals surface area contributed by atoms with Crippen LogP contribution in [0.25, 0.3) is 21.7 Å². The van der Waals surface area contributed by atoms with Crippen LogP contribution < -0.4 is 10.1 Å². The molecular formula is C21H19N3O. The van der Waals surface area contributed by atoms with Crippen LogP contribution in [0.2, 0.25) is 0 Å². The number of aromatic nitrogens is 2. The normalized spacial score (nSPS) is 16.9. The highest BCUT2D eigenvalue weighted by molar-refractivity contribution is 5.87. The standard InChI is InChI=1S/C21H19N3O/c1-25-16-4-5-19-18(11-16)17-7-9-23-20(21(17)24-19)14-2-3-15-12-22-8-6-13(15)10-14/h2-6,8,10-12,20,23-24H,7,9H2,1H3. The van der Waals surface area contributed by atoms with Crippen LogP contribution in [0.15, 0.2) is 54.9 Å². The highest BCUT2D eigenvalue weighted by atomic mass is 16.5. The van der Waals surface area contributed by atoms with Crippen LogP contribution in [0.5, 0.6) is 5.75 Å². The number of benzene rings is 2. The molecule has 1 atom stereocenters. The maximum atomic E-state index is 5.41. The number of nitrogens with one attached hydrogen (secondary N) is 2. The van der Waals surface area contributed by atoms with Crippen molar-refractivity contribution in [2.24, 2.45) is 0 Å². The van der Waals surface area contributed by atoms with Crippen LogP contribution in [0, 0.1) is 0 Å².